The molecule has 0 bridgehead atoms. The summed E-state index contributed by atoms with van der Waals surface area (Å²) in [5.41, 5.74) is 3.71. The van der Waals surface area contributed by atoms with Crippen LogP contribution in [0.1, 0.15) is 31.9 Å². The lowest BCUT2D eigenvalue weighted by Gasteiger charge is -2.24. The molecule has 1 aromatic heterocycles. The van der Waals surface area contributed by atoms with Crippen LogP contribution in [0.3, 0.4) is 0 Å². The first kappa shape index (κ1) is 19.7. The SMILES string of the molecule is CC(C)(C)C#Cc1ccc2c(c1)CCn1c-2cc(OCC2COCCO2)nc1=O. The number of aromatic nitrogens is 2. The van der Waals surface area contributed by atoms with Crippen LogP contribution in [0.25, 0.3) is 11.3 Å². The average Bonchev–Trinajstić information content (AvgIpc) is 2.70. The van der Waals surface area contributed by atoms with Crippen molar-refractivity contribution in [3.05, 3.63) is 45.9 Å². The molecule has 1 atom stereocenters. The molecule has 0 N–H and O–H groups in total. The Morgan fingerprint density at radius 2 is 2.14 bits per heavy atom. The summed E-state index contributed by atoms with van der Waals surface area (Å²) in [5.74, 6) is 6.85. The molecule has 6 nitrogen and oxygen atoms in total. The molecule has 2 aromatic rings. The van der Waals surface area contributed by atoms with Crippen LogP contribution in [-0.2, 0) is 22.4 Å². The van der Waals surface area contributed by atoms with E-state index in [1.165, 1.54) is 5.56 Å². The van der Waals surface area contributed by atoms with Crippen molar-refractivity contribution in [1.82, 2.24) is 9.55 Å². The van der Waals surface area contributed by atoms with Gasteiger partial charge in [0.15, 0.2) is 0 Å². The van der Waals surface area contributed by atoms with Crippen LogP contribution in [0.2, 0.25) is 0 Å². The lowest BCUT2D eigenvalue weighted by Crippen LogP contribution is -2.34. The second-order valence-electron chi connectivity index (χ2n) is 8.41. The van der Waals surface area contributed by atoms with Crippen LogP contribution < -0.4 is 10.4 Å². The van der Waals surface area contributed by atoms with E-state index >= 15 is 0 Å². The third-order valence-corrected chi connectivity index (χ3v) is 4.86. The van der Waals surface area contributed by atoms with Crippen molar-refractivity contribution in [3.63, 3.8) is 0 Å². The quantitative estimate of drug-likeness (QED) is 0.749. The average molecular weight is 394 g/mol. The lowest BCUT2D eigenvalue weighted by atomic mass is 9.94. The number of fused-ring (bicyclic) bond motifs is 3. The molecule has 1 fully saturated rings. The van der Waals surface area contributed by atoms with Crippen LogP contribution in [0.15, 0.2) is 29.1 Å². The van der Waals surface area contributed by atoms with Crippen molar-refractivity contribution >= 4 is 0 Å². The van der Waals surface area contributed by atoms with E-state index in [9.17, 15) is 4.79 Å². The molecule has 1 saturated heterocycles. The van der Waals surface area contributed by atoms with E-state index in [0.717, 1.165) is 23.2 Å². The topological polar surface area (TPSA) is 62.6 Å². The Hall–Kier alpha value is -2.62. The molecule has 6 heteroatoms. The smallest absolute Gasteiger partial charge is 0.351 e. The van der Waals surface area contributed by atoms with Crippen LogP contribution in [0.5, 0.6) is 5.88 Å². The maximum absolute atomic E-state index is 12.5. The second kappa shape index (κ2) is 8.02. The van der Waals surface area contributed by atoms with Crippen LogP contribution in [0.4, 0.5) is 0 Å². The third-order valence-electron chi connectivity index (χ3n) is 4.86. The van der Waals surface area contributed by atoms with Crippen LogP contribution in [-0.4, -0.2) is 42.1 Å². The van der Waals surface area contributed by atoms with Gasteiger partial charge in [0.05, 0.1) is 25.5 Å². The maximum atomic E-state index is 12.5. The summed E-state index contributed by atoms with van der Waals surface area (Å²) in [6, 6.07) is 8.00. The van der Waals surface area contributed by atoms with Gasteiger partial charge in [-0.15, -0.1) is 0 Å². The minimum atomic E-state index is -0.291. The van der Waals surface area contributed by atoms with Gasteiger partial charge in [0.1, 0.15) is 12.7 Å². The van der Waals surface area contributed by atoms with E-state index in [1.807, 2.05) is 18.2 Å². The van der Waals surface area contributed by atoms with Gasteiger partial charge in [-0.25, -0.2) is 4.79 Å². The second-order valence-corrected chi connectivity index (χ2v) is 8.41. The van der Waals surface area contributed by atoms with Gasteiger partial charge in [-0.2, -0.15) is 4.98 Å². The van der Waals surface area contributed by atoms with Gasteiger partial charge >= 0.3 is 5.69 Å². The summed E-state index contributed by atoms with van der Waals surface area (Å²) in [5, 5.41) is 0. The molecule has 2 aliphatic rings. The number of hydrogen-bond acceptors (Lipinski definition) is 5. The van der Waals surface area contributed by atoms with Crippen molar-refractivity contribution in [1.29, 1.82) is 0 Å². The number of rotatable bonds is 3. The third kappa shape index (κ3) is 4.69. The van der Waals surface area contributed by atoms with E-state index < -0.39 is 0 Å². The minimum Gasteiger partial charge on any atom is -0.475 e. The molecule has 3 heterocycles. The first-order valence-electron chi connectivity index (χ1n) is 9.99. The molecule has 4 rings (SSSR count). The Morgan fingerprint density at radius 1 is 1.28 bits per heavy atom. The summed E-state index contributed by atoms with van der Waals surface area (Å²) in [7, 11) is 0. The minimum absolute atomic E-state index is 0.0409. The molecule has 152 valence electrons. The van der Waals surface area contributed by atoms with E-state index in [4.69, 9.17) is 14.2 Å². The highest BCUT2D eigenvalue weighted by Gasteiger charge is 2.21. The first-order valence-corrected chi connectivity index (χ1v) is 9.99. The fourth-order valence-electron chi connectivity index (χ4n) is 3.43. The van der Waals surface area contributed by atoms with Crippen molar-refractivity contribution in [2.45, 2.75) is 39.8 Å². The zero-order valence-corrected chi connectivity index (χ0v) is 17.2. The standard InChI is InChI=1S/C23H26N2O4/c1-23(2,3)8-6-16-4-5-19-17(12-16)7-9-25-20(19)13-21(24-22(25)26)29-15-18-14-27-10-11-28-18/h4-5,12-13,18H,7,9-11,14-15H2,1-3H3. The zero-order chi connectivity index (χ0) is 20.4. The molecule has 0 radical (unpaired) electrons. The van der Waals surface area contributed by atoms with Crippen molar-refractivity contribution in [3.8, 4) is 29.0 Å². The van der Waals surface area contributed by atoms with Gasteiger partial charge in [-0.05, 0) is 44.9 Å². The van der Waals surface area contributed by atoms with E-state index in [1.54, 1.807) is 4.57 Å². The van der Waals surface area contributed by atoms with E-state index in [-0.39, 0.29) is 17.2 Å². The highest BCUT2D eigenvalue weighted by atomic mass is 16.6. The fraction of sp³-hybridized carbons (Fsp3) is 0.478. The predicted molar refractivity (Wildman–Crippen MR) is 110 cm³/mol. The molecular formula is C23H26N2O4. The van der Waals surface area contributed by atoms with Gasteiger partial charge in [0.2, 0.25) is 5.88 Å². The van der Waals surface area contributed by atoms with Crippen LogP contribution >= 0.6 is 0 Å². The molecule has 29 heavy (non-hydrogen) atoms. The van der Waals surface area contributed by atoms with E-state index in [0.29, 0.717) is 38.9 Å². The number of nitrogens with zero attached hydrogens (tertiary/aromatic N) is 2. The van der Waals surface area contributed by atoms with Crippen LogP contribution in [0, 0.1) is 17.3 Å². The van der Waals surface area contributed by atoms with Gasteiger partial charge in [-0.1, -0.05) is 17.9 Å². The molecular weight excluding hydrogens is 368 g/mol. The van der Waals surface area contributed by atoms with E-state index in [2.05, 4.69) is 43.7 Å². The van der Waals surface area contributed by atoms with Gasteiger partial charge in [-0.3, -0.25) is 4.57 Å². The molecule has 1 unspecified atom stereocenters. The highest BCUT2D eigenvalue weighted by Crippen LogP contribution is 2.30. The Kier molecular flexibility index (Phi) is 5.44. The Morgan fingerprint density at radius 3 is 2.90 bits per heavy atom. The highest BCUT2D eigenvalue weighted by molar-refractivity contribution is 5.68. The summed E-state index contributed by atoms with van der Waals surface area (Å²) < 4.78 is 18.4. The molecule has 1 aromatic carbocycles. The Labute approximate surface area is 170 Å². The number of aryl methyl sites for hydroxylation is 1. The van der Waals surface area contributed by atoms with Gasteiger partial charge in [0.25, 0.3) is 0 Å². The largest absolute Gasteiger partial charge is 0.475 e. The molecule has 2 aliphatic heterocycles. The first-order chi connectivity index (χ1) is 13.9. The van der Waals surface area contributed by atoms with Crippen molar-refractivity contribution in [2.24, 2.45) is 5.41 Å². The molecule has 0 saturated carbocycles. The number of ether oxygens (including phenoxy) is 3. The van der Waals surface area contributed by atoms with Crippen molar-refractivity contribution < 1.29 is 14.2 Å². The monoisotopic (exact) mass is 394 g/mol. The lowest BCUT2D eigenvalue weighted by molar-refractivity contribution is -0.102. The molecule has 0 amide bonds. The summed E-state index contributed by atoms with van der Waals surface area (Å²) in [4.78, 5) is 16.6. The number of hydrogen-bond donors (Lipinski definition) is 0. The van der Waals surface area contributed by atoms with Crippen molar-refractivity contribution in [2.75, 3.05) is 26.4 Å². The van der Waals surface area contributed by atoms with Gasteiger partial charge in [0, 0.05) is 29.2 Å². The fourth-order valence-corrected chi connectivity index (χ4v) is 3.43. The maximum Gasteiger partial charge on any atom is 0.351 e. The molecule has 0 spiro atoms. The summed E-state index contributed by atoms with van der Waals surface area (Å²) in [6.07, 6.45) is 0.642. The number of benzene rings is 1. The molecule has 0 aliphatic carbocycles. The van der Waals surface area contributed by atoms with Gasteiger partial charge < -0.3 is 14.2 Å². The predicted octanol–water partition coefficient (Wildman–Crippen LogP) is 2.66. The Balaban J connectivity index is 1.60. The summed E-state index contributed by atoms with van der Waals surface area (Å²) in [6.45, 7) is 8.86. The summed E-state index contributed by atoms with van der Waals surface area (Å²) >= 11 is 0. The Bertz CT molecular complexity index is 1020. The normalized spacial score (nSPS) is 18.2. The zero-order valence-electron chi connectivity index (χ0n) is 17.2.